The fraction of sp³-hybridized carbons (Fsp3) is 0.500. The van der Waals surface area contributed by atoms with Gasteiger partial charge < -0.3 is 5.73 Å². The molecule has 1 aromatic carbocycles. The molecule has 2 heteroatoms. The maximum Gasteiger partial charge on any atom is 0.0535 e. The molecule has 1 aliphatic carbocycles. The summed E-state index contributed by atoms with van der Waals surface area (Å²) in [7, 11) is 0. The van der Waals surface area contributed by atoms with Crippen molar-refractivity contribution in [2.24, 2.45) is 5.73 Å². The lowest BCUT2D eigenvalue weighted by atomic mass is 10.0. The number of hydrogen-bond acceptors (Lipinski definition) is 2. The van der Waals surface area contributed by atoms with E-state index >= 15 is 0 Å². The minimum absolute atomic E-state index is 0.214. The third kappa shape index (κ3) is 1.47. The van der Waals surface area contributed by atoms with Crippen molar-refractivity contribution < 1.29 is 0 Å². The highest BCUT2D eigenvalue weighted by atomic mass is 32.2. The molecule has 1 aliphatic rings. The summed E-state index contributed by atoms with van der Waals surface area (Å²) < 4.78 is 0.214. The number of nitrogens with two attached hydrogens (primary N) is 1. The van der Waals surface area contributed by atoms with E-state index in [1.807, 2.05) is 11.8 Å². The van der Waals surface area contributed by atoms with Crippen LogP contribution in [0.1, 0.15) is 24.5 Å². The minimum atomic E-state index is 0.214. The van der Waals surface area contributed by atoms with Gasteiger partial charge in [0.05, 0.1) is 4.75 Å². The van der Waals surface area contributed by atoms with Gasteiger partial charge in [-0.15, -0.1) is 11.8 Å². The van der Waals surface area contributed by atoms with Gasteiger partial charge in [0.1, 0.15) is 0 Å². The molecule has 0 heterocycles. The van der Waals surface area contributed by atoms with Gasteiger partial charge in [0.25, 0.3) is 0 Å². The first-order valence-corrected chi connectivity index (χ1v) is 6.23. The Morgan fingerprint density at radius 2 is 2.21 bits per heavy atom. The summed E-state index contributed by atoms with van der Waals surface area (Å²) in [6, 6.07) is 8.74. The summed E-state index contributed by atoms with van der Waals surface area (Å²) in [4.78, 5) is 0. The van der Waals surface area contributed by atoms with Crippen LogP contribution in [0.25, 0.3) is 0 Å². The second-order valence-corrected chi connectivity index (χ2v) is 5.44. The van der Waals surface area contributed by atoms with Crippen LogP contribution in [0.3, 0.4) is 0 Å². The highest BCUT2D eigenvalue weighted by molar-refractivity contribution is 8.00. The van der Waals surface area contributed by atoms with Crippen LogP contribution in [0, 0.1) is 0 Å². The van der Waals surface area contributed by atoms with Crippen LogP contribution in [0.4, 0.5) is 0 Å². The predicted molar refractivity (Wildman–Crippen MR) is 63.6 cm³/mol. The van der Waals surface area contributed by atoms with Gasteiger partial charge in [0.15, 0.2) is 0 Å². The van der Waals surface area contributed by atoms with Gasteiger partial charge in [-0.2, -0.15) is 0 Å². The Balaban J connectivity index is 2.39. The Morgan fingerprint density at radius 3 is 2.93 bits per heavy atom. The van der Waals surface area contributed by atoms with Gasteiger partial charge >= 0.3 is 0 Å². The van der Waals surface area contributed by atoms with Crippen LogP contribution in [0.5, 0.6) is 0 Å². The normalized spacial score (nSPS) is 25.0. The summed E-state index contributed by atoms with van der Waals surface area (Å²) >= 11 is 2.00. The van der Waals surface area contributed by atoms with Gasteiger partial charge in [0, 0.05) is 6.54 Å². The third-order valence-electron chi connectivity index (χ3n) is 3.06. The van der Waals surface area contributed by atoms with Crippen molar-refractivity contribution in [3.05, 3.63) is 35.4 Å². The van der Waals surface area contributed by atoms with Crippen molar-refractivity contribution in [2.75, 3.05) is 12.3 Å². The van der Waals surface area contributed by atoms with E-state index in [4.69, 9.17) is 5.73 Å². The molecule has 0 aromatic heterocycles. The zero-order valence-corrected chi connectivity index (χ0v) is 9.44. The molecule has 0 radical (unpaired) electrons. The molecular weight excluding hydrogens is 190 g/mol. The molecule has 0 bridgehead atoms. The third-order valence-corrected chi connectivity index (χ3v) is 4.49. The molecule has 2 rings (SSSR count). The smallest absolute Gasteiger partial charge is 0.0535 e. The highest BCUT2D eigenvalue weighted by Gasteiger charge is 2.36. The molecule has 2 N–H and O–H groups in total. The number of fused-ring (bicyclic) bond motifs is 1. The van der Waals surface area contributed by atoms with E-state index < -0.39 is 0 Å². The molecule has 14 heavy (non-hydrogen) atoms. The van der Waals surface area contributed by atoms with Crippen LogP contribution in [0.2, 0.25) is 0 Å². The van der Waals surface area contributed by atoms with Crippen molar-refractivity contribution in [1.82, 2.24) is 0 Å². The number of thioether (sulfide) groups is 1. The molecular formula is C12H17NS. The van der Waals surface area contributed by atoms with Gasteiger partial charge in [0.2, 0.25) is 0 Å². The van der Waals surface area contributed by atoms with E-state index in [2.05, 4.69) is 31.2 Å². The van der Waals surface area contributed by atoms with Gasteiger partial charge in [-0.05, 0) is 29.7 Å². The van der Waals surface area contributed by atoms with Gasteiger partial charge in [-0.3, -0.25) is 0 Å². The first-order valence-electron chi connectivity index (χ1n) is 5.25. The lowest BCUT2D eigenvalue weighted by Crippen LogP contribution is -2.29. The minimum Gasteiger partial charge on any atom is -0.329 e. The molecule has 76 valence electrons. The summed E-state index contributed by atoms with van der Waals surface area (Å²) in [5, 5.41) is 0. The largest absolute Gasteiger partial charge is 0.329 e. The van der Waals surface area contributed by atoms with Crippen molar-refractivity contribution in [2.45, 2.75) is 24.5 Å². The monoisotopic (exact) mass is 207 g/mol. The van der Waals surface area contributed by atoms with Crippen molar-refractivity contribution in [3.63, 3.8) is 0 Å². The van der Waals surface area contributed by atoms with Crippen molar-refractivity contribution >= 4 is 11.8 Å². The maximum absolute atomic E-state index is 5.95. The Morgan fingerprint density at radius 1 is 1.43 bits per heavy atom. The van der Waals surface area contributed by atoms with Crippen LogP contribution < -0.4 is 5.73 Å². The van der Waals surface area contributed by atoms with Gasteiger partial charge in [-0.25, -0.2) is 0 Å². The van der Waals surface area contributed by atoms with Crippen LogP contribution in [-0.4, -0.2) is 12.3 Å². The quantitative estimate of drug-likeness (QED) is 0.824. The maximum atomic E-state index is 5.95. The topological polar surface area (TPSA) is 26.0 Å². The fourth-order valence-electron chi connectivity index (χ4n) is 2.35. The number of rotatable bonds is 3. The number of benzene rings is 1. The molecule has 1 nitrogen and oxygen atoms in total. The van der Waals surface area contributed by atoms with E-state index in [1.165, 1.54) is 24.0 Å². The first-order chi connectivity index (χ1) is 6.82. The SMILES string of the molecule is CCSC1(CN)CCc2ccccc21. The lowest BCUT2D eigenvalue weighted by Gasteiger charge is -2.27. The van der Waals surface area contributed by atoms with Crippen LogP contribution >= 0.6 is 11.8 Å². The molecule has 1 unspecified atom stereocenters. The van der Waals surface area contributed by atoms with Crippen LogP contribution in [-0.2, 0) is 11.2 Å². The Kier molecular flexibility index (Phi) is 2.84. The Hall–Kier alpha value is -0.470. The van der Waals surface area contributed by atoms with E-state index in [0.29, 0.717) is 0 Å². The Bertz CT molecular complexity index is 320. The zero-order valence-electron chi connectivity index (χ0n) is 8.62. The van der Waals surface area contributed by atoms with Crippen LogP contribution in [0.15, 0.2) is 24.3 Å². The average Bonchev–Trinajstić information content (AvgIpc) is 2.59. The molecule has 0 aliphatic heterocycles. The van der Waals surface area contributed by atoms with Crippen molar-refractivity contribution in [3.8, 4) is 0 Å². The van der Waals surface area contributed by atoms with E-state index in [-0.39, 0.29) is 4.75 Å². The summed E-state index contributed by atoms with van der Waals surface area (Å²) in [5.74, 6) is 1.14. The molecule has 0 saturated heterocycles. The molecule has 1 atom stereocenters. The van der Waals surface area contributed by atoms with E-state index in [0.717, 1.165) is 12.3 Å². The molecule has 0 amide bonds. The molecule has 0 spiro atoms. The molecule has 0 fully saturated rings. The molecule has 1 aromatic rings. The second kappa shape index (κ2) is 3.95. The number of aryl methyl sites for hydroxylation is 1. The van der Waals surface area contributed by atoms with E-state index in [1.54, 1.807) is 0 Å². The summed E-state index contributed by atoms with van der Waals surface area (Å²) in [6.07, 6.45) is 2.40. The lowest BCUT2D eigenvalue weighted by molar-refractivity contribution is 0.627. The zero-order chi connectivity index (χ0) is 10.0. The standard InChI is InChI=1S/C12H17NS/c1-2-14-12(9-13)8-7-10-5-3-4-6-11(10)12/h3-6H,2,7-9,13H2,1H3. The summed E-state index contributed by atoms with van der Waals surface area (Å²) in [6.45, 7) is 2.98. The Labute approximate surface area is 90.1 Å². The summed E-state index contributed by atoms with van der Waals surface area (Å²) in [5.41, 5.74) is 8.93. The first kappa shape index (κ1) is 10.1. The van der Waals surface area contributed by atoms with Gasteiger partial charge in [-0.1, -0.05) is 31.2 Å². The number of hydrogen-bond donors (Lipinski definition) is 1. The second-order valence-electron chi connectivity index (χ2n) is 3.79. The highest BCUT2D eigenvalue weighted by Crippen LogP contribution is 2.46. The average molecular weight is 207 g/mol. The molecule has 0 saturated carbocycles. The fourth-order valence-corrected chi connectivity index (χ4v) is 3.62. The predicted octanol–water partition coefficient (Wildman–Crippen LogP) is 2.54. The van der Waals surface area contributed by atoms with E-state index in [9.17, 15) is 0 Å². The van der Waals surface area contributed by atoms with Crippen molar-refractivity contribution in [1.29, 1.82) is 0 Å².